The minimum atomic E-state index is -0.189. The number of nitrogens with zero attached hydrogens (tertiary/aromatic N) is 1. The van der Waals surface area contributed by atoms with Crippen LogP contribution in [0.1, 0.15) is 43.8 Å². The molecule has 3 aromatic rings. The molecule has 0 aliphatic carbocycles. The standard InChI is InChI=1S/C26H23NO3/c1-30-22-11-5-9-21(18-22)15-14-20-8-4-7-19(17-20)10-6-16-27-25(28)23-12-2-3-13-24(23)26(27)29/h2-5,7-9,11-15,17-18H,6,10,16H2,1H3. The molecule has 1 heterocycles. The fraction of sp³-hybridized carbons (Fsp3) is 0.154. The maximum absolute atomic E-state index is 12.5. The van der Waals surface area contributed by atoms with E-state index in [1.807, 2.05) is 30.3 Å². The molecule has 1 aliphatic heterocycles. The predicted molar refractivity (Wildman–Crippen MR) is 118 cm³/mol. The molecule has 0 saturated heterocycles. The Labute approximate surface area is 176 Å². The number of hydrogen-bond donors (Lipinski definition) is 0. The number of benzene rings is 3. The highest BCUT2D eigenvalue weighted by Gasteiger charge is 2.34. The summed E-state index contributed by atoms with van der Waals surface area (Å²) in [7, 11) is 1.66. The summed E-state index contributed by atoms with van der Waals surface area (Å²) in [5.41, 5.74) is 4.38. The number of carbonyl (C=O) groups excluding carboxylic acids is 2. The quantitative estimate of drug-likeness (QED) is 0.412. The predicted octanol–water partition coefficient (Wildman–Crippen LogP) is 5.09. The van der Waals surface area contributed by atoms with Crippen LogP contribution in [0.25, 0.3) is 12.2 Å². The number of rotatable bonds is 7. The topological polar surface area (TPSA) is 46.6 Å². The molecule has 0 spiro atoms. The lowest BCUT2D eigenvalue weighted by Crippen LogP contribution is -2.30. The van der Waals surface area contributed by atoms with Crippen molar-refractivity contribution in [2.45, 2.75) is 12.8 Å². The summed E-state index contributed by atoms with van der Waals surface area (Å²) >= 11 is 0. The first kappa shape index (κ1) is 19.6. The first-order chi connectivity index (χ1) is 14.7. The molecule has 4 rings (SSSR count). The largest absolute Gasteiger partial charge is 0.497 e. The number of fused-ring (bicyclic) bond motifs is 1. The normalized spacial score (nSPS) is 13.2. The first-order valence-corrected chi connectivity index (χ1v) is 10.0. The van der Waals surface area contributed by atoms with Crippen molar-refractivity contribution in [1.29, 1.82) is 0 Å². The fourth-order valence-corrected chi connectivity index (χ4v) is 3.67. The molecule has 4 nitrogen and oxygen atoms in total. The highest BCUT2D eigenvalue weighted by molar-refractivity contribution is 6.21. The highest BCUT2D eigenvalue weighted by atomic mass is 16.5. The van der Waals surface area contributed by atoms with Gasteiger partial charge in [0.2, 0.25) is 0 Å². The second kappa shape index (κ2) is 8.78. The summed E-state index contributed by atoms with van der Waals surface area (Å²) in [6.45, 7) is 0.427. The average Bonchev–Trinajstić information content (AvgIpc) is 3.03. The summed E-state index contributed by atoms with van der Waals surface area (Å²) < 4.78 is 5.26. The van der Waals surface area contributed by atoms with Crippen molar-refractivity contribution < 1.29 is 14.3 Å². The Bertz CT molecular complexity index is 1080. The summed E-state index contributed by atoms with van der Waals surface area (Å²) in [5.74, 6) is 0.454. The first-order valence-electron chi connectivity index (χ1n) is 10.0. The van der Waals surface area contributed by atoms with E-state index in [2.05, 4.69) is 30.4 Å². The van der Waals surface area contributed by atoms with Crippen LogP contribution in [0.15, 0.2) is 72.8 Å². The zero-order valence-electron chi connectivity index (χ0n) is 16.9. The Hall–Kier alpha value is -3.66. The van der Waals surface area contributed by atoms with Crippen molar-refractivity contribution in [3.05, 3.63) is 101 Å². The molecule has 0 N–H and O–H groups in total. The number of aryl methyl sites for hydroxylation is 1. The molecule has 0 saturated carbocycles. The molecule has 0 radical (unpaired) electrons. The Balaban J connectivity index is 1.37. The van der Waals surface area contributed by atoms with Gasteiger partial charge in [-0.05, 0) is 53.8 Å². The molecule has 0 fully saturated rings. The molecular formula is C26H23NO3. The number of methoxy groups -OCH3 is 1. The van der Waals surface area contributed by atoms with E-state index in [0.29, 0.717) is 17.7 Å². The van der Waals surface area contributed by atoms with E-state index in [1.165, 1.54) is 10.5 Å². The third-order valence-electron chi connectivity index (χ3n) is 5.24. The van der Waals surface area contributed by atoms with Crippen LogP contribution < -0.4 is 4.74 Å². The monoisotopic (exact) mass is 397 g/mol. The van der Waals surface area contributed by atoms with Gasteiger partial charge in [-0.3, -0.25) is 14.5 Å². The molecule has 2 amide bonds. The van der Waals surface area contributed by atoms with E-state index >= 15 is 0 Å². The van der Waals surface area contributed by atoms with Crippen molar-refractivity contribution in [2.75, 3.05) is 13.7 Å². The lowest BCUT2D eigenvalue weighted by Gasteiger charge is -2.13. The summed E-state index contributed by atoms with van der Waals surface area (Å²) in [6.07, 6.45) is 5.66. The maximum Gasteiger partial charge on any atom is 0.261 e. The van der Waals surface area contributed by atoms with Gasteiger partial charge in [-0.1, -0.05) is 60.7 Å². The van der Waals surface area contributed by atoms with Crippen LogP contribution in [0.4, 0.5) is 0 Å². The van der Waals surface area contributed by atoms with Crippen molar-refractivity contribution in [1.82, 2.24) is 4.90 Å². The van der Waals surface area contributed by atoms with Gasteiger partial charge in [-0.25, -0.2) is 0 Å². The number of carbonyl (C=O) groups is 2. The Kier molecular flexibility index (Phi) is 5.75. The average molecular weight is 397 g/mol. The zero-order valence-corrected chi connectivity index (χ0v) is 16.9. The number of ether oxygens (including phenoxy) is 1. The highest BCUT2D eigenvalue weighted by Crippen LogP contribution is 2.23. The lowest BCUT2D eigenvalue weighted by molar-refractivity contribution is 0.0652. The Morgan fingerprint density at radius 1 is 0.800 bits per heavy atom. The van der Waals surface area contributed by atoms with Gasteiger partial charge in [-0.15, -0.1) is 0 Å². The van der Waals surface area contributed by atoms with Crippen molar-refractivity contribution in [2.24, 2.45) is 0 Å². The van der Waals surface area contributed by atoms with Crippen LogP contribution in [0, 0.1) is 0 Å². The van der Waals surface area contributed by atoms with E-state index < -0.39 is 0 Å². The molecule has 0 unspecified atom stereocenters. The minimum Gasteiger partial charge on any atom is -0.497 e. The maximum atomic E-state index is 12.5. The summed E-state index contributed by atoms with van der Waals surface area (Å²) in [5, 5.41) is 0. The van der Waals surface area contributed by atoms with E-state index in [0.717, 1.165) is 29.7 Å². The van der Waals surface area contributed by atoms with E-state index in [4.69, 9.17) is 4.74 Å². The van der Waals surface area contributed by atoms with Crippen LogP contribution in [0.3, 0.4) is 0 Å². The number of amides is 2. The molecular weight excluding hydrogens is 374 g/mol. The number of hydrogen-bond acceptors (Lipinski definition) is 3. The van der Waals surface area contributed by atoms with E-state index in [1.54, 1.807) is 31.4 Å². The Morgan fingerprint density at radius 2 is 1.43 bits per heavy atom. The Morgan fingerprint density at radius 3 is 2.10 bits per heavy atom. The summed E-state index contributed by atoms with van der Waals surface area (Å²) in [4.78, 5) is 26.3. The van der Waals surface area contributed by atoms with Crippen molar-refractivity contribution in [3.8, 4) is 5.75 Å². The zero-order chi connectivity index (χ0) is 20.9. The van der Waals surface area contributed by atoms with E-state index in [9.17, 15) is 9.59 Å². The molecule has 0 atom stereocenters. The fourth-order valence-electron chi connectivity index (χ4n) is 3.67. The van der Waals surface area contributed by atoms with Crippen LogP contribution in [0.2, 0.25) is 0 Å². The second-order valence-electron chi connectivity index (χ2n) is 7.27. The molecule has 30 heavy (non-hydrogen) atoms. The lowest BCUT2D eigenvalue weighted by atomic mass is 10.0. The van der Waals surface area contributed by atoms with Crippen LogP contribution in [-0.2, 0) is 6.42 Å². The van der Waals surface area contributed by atoms with Gasteiger partial charge < -0.3 is 4.74 Å². The minimum absolute atomic E-state index is 0.189. The van der Waals surface area contributed by atoms with Crippen LogP contribution in [-0.4, -0.2) is 30.4 Å². The van der Waals surface area contributed by atoms with Gasteiger partial charge >= 0.3 is 0 Å². The van der Waals surface area contributed by atoms with Gasteiger partial charge in [-0.2, -0.15) is 0 Å². The van der Waals surface area contributed by atoms with Gasteiger partial charge in [0.05, 0.1) is 18.2 Å². The third kappa shape index (κ3) is 4.18. The second-order valence-corrected chi connectivity index (χ2v) is 7.27. The van der Waals surface area contributed by atoms with Gasteiger partial charge in [0, 0.05) is 6.54 Å². The smallest absolute Gasteiger partial charge is 0.261 e. The summed E-state index contributed by atoms with van der Waals surface area (Å²) in [6, 6.07) is 23.2. The van der Waals surface area contributed by atoms with Crippen molar-refractivity contribution in [3.63, 3.8) is 0 Å². The van der Waals surface area contributed by atoms with Gasteiger partial charge in [0.15, 0.2) is 0 Å². The van der Waals surface area contributed by atoms with Crippen molar-refractivity contribution >= 4 is 24.0 Å². The third-order valence-corrected chi connectivity index (χ3v) is 5.24. The SMILES string of the molecule is COc1cccc(C=Cc2cccc(CCCN3C(=O)c4ccccc4C3=O)c2)c1. The molecule has 150 valence electrons. The van der Waals surface area contributed by atoms with Crippen LogP contribution in [0.5, 0.6) is 5.75 Å². The van der Waals surface area contributed by atoms with E-state index in [-0.39, 0.29) is 11.8 Å². The van der Waals surface area contributed by atoms with Gasteiger partial charge in [0.1, 0.15) is 5.75 Å². The van der Waals surface area contributed by atoms with Crippen LogP contribution >= 0.6 is 0 Å². The molecule has 1 aliphatic rings. The molecule has 0 aromatic heterocycles. The number of imide groups is 1. The molecule has 3 aromatic carbocycles. The molecule has 0 bridgehead atoms. The molecule has 4 heteroatoms. The van der Waals surface area contributed by atoms with Gasteiger partial charge in [0.25, 0.3) is 11.8 Å².